The number of thiophene rings is 1. The van der Waals surface area contributed by atoms with Crippen molar-refractivity contribution in [2.45, 2.75) is 32.0 Å². The normalized spacial score (nSPS) is 19.0. The van der Waals surface area contributed by atoms with E-state index in [-0.39, 0.29) is 23.6 Å². The number of anilines is 1. The minimum atomic E-state index is -4.75. The quantitative estimate of drug-likeness (QED) is 0.557. The molecule has 1 fully saturated rings. The Morgan fingerprint density at radius 1 is 1.13 bits per heavy atom. The number of halogens is 3. The Balaban J connectivity index is 1.66. The van der Waals surface area contributed by atoms with Gasteiger partial charge in [-0.05, 0) is 60.9 Å². The van der Waals surface area contributed by atoms with E-state index < -0.39 is 12.5 Å². The lowest BCUT2D eigenvalue weighted by Crippen LogP contribution is -2.36. The molecule has 0 radical (unpaired) electrons. The molecule has 1 aliphatic carbocycles. The van der Waals surface area contributed by atoms with Gasteiger partial charge in [0.1, 0.15) is 10.8 Å². The van der Waals surface area contributed by atoms with Crippen LogP contribution in [-0.4, -0.2) is 37.2 Å². The topological polar surface area (TPSA) is 76.1 Å². The fraction of sp³-hybridized carbons (Fsp3) is 0.429. The number of amides is 1. The molecular formula is C21H22F3NO5S. The van der Waals surface area contributed by atoms with E-state index in [1.807, 2.05) is 0 Å². The van der Waals surface area contributed by atoms with Gasteiger partial charge in [0.25, 0.3) is 0 Å². The van der Waals surface area contributed by atoms with Crippen LogP contribution in [0.2, 0.25) is 0 Å². The van der Waals surface area contributed by atoms with Crippen LogP contribution in [0.4, 0.5) is 23.0 Å². The zero-order valence-corrected chi connectivity index (χ0v) is 17.5. The fourth-order valence-corrected chi connectivity index (χ4v) is 4.66. The van der Waals surface area contributed by atoms with Crippen LogP contribution in [0.3, 0.4) is 0 Å². The number of nitrogens with zero attached hydrogens (tertiary/aromatic N) is 1. The summed E-state index contributed by atoms with van der Waals surface area (Å²) in [6.45, 7) is 0.321. The van der Waals surface area contributed by atoms with E-state index in [2.05, 4.69) is 4.74 Å². The van der Waals surface area contributed by atoms with Crippen LogP contribution < -0.4 is 9.64 Å². The first-order valence-corrected chi connectivity index (χ1v) is 10.6. The lowest BCUT2D eigenvalue weighted by Gasteiger charge is -2.30. The van der Waals surface area contributed by atoms with Gasteiger partial charge in [-0.3, -0.25) is 9.69 Å². The summed E-state index contributed by atoms with van der Waals surface area (Å²) in [7, 11) is 1.37. The molecule has 168 valence electrons. The van der Waals surface area contributed by atoms with Crippen LogP contribution in [0.15, 0.2) is 35.7 Å². The lowest BCUT2D eigenvalue weighted by atomic mass is 9.82. The Hall–Kier alpha value is -2.75. The maximum absolute atomic E-state index is 12.3. The van der Waals surface area contributed by atoms with Crippen molar-refractivity contribution in [1.82, 2.24) is 0 Å². The highest BCUT2D eigenvalue weighted by molar-refractivity contribution is 7.14. The molecule has 0 spiro atoms. The van der Waals surface area contributed by atoms with Crippen LogP contribution in [0.25, 0.3) is 11.1 Å². The van der Waals surface area contributed by atoms with Crippen LogP contribution in [0, 0.1) is 11.8 Å². The van der Waals surface area contributed by atoms with Crippen LogP contribution >= 0.6 is 11.3 Å². The van der Waals surface area contributed by atoms with Crippen molar-refractivity contribution >= 4 is 28.4 Å². The van der Waals surface area contributed by atoms with Crippen molar-refractivity contribution < 1.29 is 37.3 Å². The molecule has 31 heavy (non-hydrogen) atoms. The Kier molecular flexibility index (Phi) is 7.09. The van der Waals surface area contributed by atoms with Crippen molar-refractivity contribution in [2.75, 3.05) is 18.6 Å². The number of rotatable bonds is 6. The second kappa shape index (κ2) is 9.59. The monoisotopic (exact) mass is 457 g/mol. The molecule has 1 N–H and O–H groups in total. The van der Waals surface area contributed by atoms with Gasteiger partial charge in [-0.1, -0.05) is 12.1 Å². The van der Waals surface area contributed by atoms with Crippen LogP contribution in [-0.2, 0) is 9.53 Å². The Morgan fingerprint density at radius 3 is 2.32 bits per heavy atom. The maximum atomic E-state index is 12.3. The number of hydrogen-bond donors (Lipinski definition) is 1. The molecule has 1 aliphatic rings. The van der Waals surface area contributed by atoms with Gasteiger partial charge in [-0.25, -0.2) is 4.79 Å². The molecule has 0 atom stereocenters. The zero-order valence-electron chi connectivity index (χ0n) is 16.7. The van der Waals surface area contributed by atoms with E-state index in [1.54, 1.807) is 11.4 Å². The highest BCUT2D eigenvalue weighted by Crippen LogP contribution is 2.36. The highest BCUT2D eigenvalue weighted by Gasteiger charge is 2.31. The van der Waals surface area contributed by atoms with Crippen LogP contribution in [0.1, 0.15) is 25.7 Å². The Morgan fingerprint density at radius 2 is 1.77 bits per heavy atom. The third kappa shape index (κ3) is 6.13. The van der Waals surface area contributed by atoms with Gasteiger partial charge in [0.15, 0.2) is 0 Å². The molecule has 1 aromatic carbocycles. The van der Waals surface area contributed by atoms with Gasteiger partial charge in [0.05, 0.1) is 13.0 Å². The van der Waals surface area contributed by atoms with Gasteiger partial charge < -0.3 is 14.6 Å². The number of carbonyl (C=O) groups excluding carboxylic acids is 1. The van der Waals surface area contributed by atoms with E-state index in [0.29, 0.717) is 35.5 Å². The predicted octanol–water partition coefficient (Wildman–Crippen LogP) is 5.78. The lowest BCUT2D eigenvalue weighted by molar-refractivity contribution is -0.274. The molecule has 1 aromatic heterocycles. The minimum Gasteiger partial charge on any atom is -0.469 e. The van der Waals surface area contributed by atoms with Gasteiger partial charge in [0.2, 0.25) is 0 Å². The standard InChI is InChI=1S/C21H22F3NO5S/c1-29-19(26)15-4-2-13(3-5-15)11-25(20(27)28)18-10-16(12-31-18)14-6-8-17(9-7-14)30-21(22,23)24/h6-10,12-13,15H,2-5,11H2,1H3,(H,27,28)/t13-,15-. The number of methoxy groups -OCH3 is 1. The third-order valence-electron chi connectivity index (χ3n) is 5.33. The van der Waals surface area contributed by atoms with E-state index in [4.69, 9.17) is 4.74 Å². The van der Waals surface area contributed by atoms with Gasteiger partial charge in [-0.2, -0.15) is 0 Å². The number of carboxylic acid groups (broad SMARTS) is 1. The minimum absolute atomic E-state index is 0.128. The Bertz CT molecular complexity index is 904. The average molecular weight is 457 g/mol. The number of alkyl halides is 3. The summed E-state index contributed by atoms with van der Waals surface area (Å²) in [6, 6.07) is 7.13. The summed E-state index contributed by atoms with van der Waals surface area (Å²) in [5.41, 5.74) is 1.36. The summed E-state index contributed by atoms with van der Waals surface area (Å²) in [5.74, 6) is -0.525. The maximum Gasteiger partial charge on any atom is 0.573 e. The fourth-order valence-electron chi connectivity index (χ4n) is 3.73. The molecule has 1 amide bonds. The molecule has 10 heteroatoms. The average Bonchev–Trinajstić information content (AvgIpc) is 3.20. The number of ether oxygens (including phenoxy) is 2. The van der Waals surface area contributed by atoms with E-state index in [0.717, 1.165) is 12.8 Å². The predicted molar refractivity (Wildman–Crippen MR) is 109 cm³/mol. The van der Waals surface area contributed by atoms with E-state index in [1.165, 1.54) is 47.6 Å². The van der Waals surface area contributed by atoms with E-state index in [9.17, 15) is 27.9 Å². The molecule has 3 rings (SSSR count). The largest absolute Gasteiger partial charge is 0.573 e. The second-order valence-corrected chi connectivity index (χ2v) is 8.27. The van der Waals surface area contributed by atoms with Crippen molar-refractivity contribution in [3.63, 3.8) is 0 Å². The summed E-state index contributed by atoms with van der Waals surface area (Å²) in [5, 5.41) is 12.0. The van der Waals surface area contributed by atoms with Gasteiger partial charge in [0, 0.05) is 11.9 Å². The van der Waals surface area contributed by atoms with Crippen LogP contribution in [0.5, 0.6) is 5.75 Å². The first-order chi connectivity index (χ1) is 14.7. The van der Waals surface area contributed by atoms with Crippen molar-refractivity contribution in [1.29, 1.82) is 0 Å². The van der Waals surface area contributed by atoms with Crippen molar-refractivity contribution in [3.05, 3.63) is 35.7 Å². The molecule has 0 aliphatic heterocycles. The number of carbonyl (C=O) groups is 2. The van der Waals surface area contributed by atoms with E-state index >= 15 is 0 Å². The number of benzene rings is 1. The summed E-state index contributed by atoms with van der Waals surface area (Å²) in [4.78, 5) is 24.8. The molecular weight excluding hydrogens is 435 g/mol. The molecule has 0 unspecified atom stereocenters. The van der Waals surface area contributed by atoms with Crippen molar-refractivity contribution in [2.24, 2.45) is 11.8 Å². The molecule has 1 heterocycles. The summed E-state index contributed by atoms with van der Waals surface area (Å²) in [6.07, 6.45) is -3.00. The summed E-state index contributed by atoms with van der Waals surface area (Å²) >= 11 is 1.25. The number of esters is 1. The Labute approximate surface area is 181 Å². The summed E-state index contributed by atoms with van der Waals surface area (Å²) < 4.78 is 45.6. The second-order valence-electron chi connectivity index (χ2n) is 7.38. The van der Waals surface area contributed by atoms with Gasteiger partial charge in [-0.15, -0.1) is 24.5 Å². The molecule has 6 nitrogen and oxygen atoms in total. The molecule has 0 bridgehead atoms. The first kappa shape index (κ1) is 22.9. The molecule has 2 aromatic rings. The van der Waals surface area contributed by atoms with Gasteiger partial charge >= 0.3 is 18.4 Å². The van der Waals surface area contributed by atoms with Crippen molar-refractivity contribution in [3.8, 4) is 16.9 Å². The zero-order chi connectivity index (χ0) is 22.6. The highest BCUT2D eigenvalue weighted by atomic mass is 32.1. The smallest absolute Gasteiger partial charge is 0.469 e. The SMILES string of the molecule is COC(=O)[C@H]1CC[C@H](CN(C(=O)O)c2cc(-c3ccc(OC(F)(F)F)cc3)cs2)CC1. The third-order valence-corrected chi connectivity index (χ3v) is 6.28. The first-order valence-electron chi connectivity index (χ1n) is 9.69. The number of hydrogen-bond acceptors (Lipinski definition) is 5. The molecule has 1 saturated carbocycles. The molecule has 0 saturated heterocycles.